The molecule has 3 aromatic rings. The number of nitrogens with zero attached hydrogens (tertiary/aromatic N) is 2. The molecule has 0 bridgehead atoms. The SMILES string of the molecule is Fc1cccc(NC(=S)N2CCn3cccc3[C@H]2c2ccc(Cl)cc2Cl)c1. The van der Waals surface area contributed by atoms with Crippen molar-refractivity contribution in [1.82, 2.24) is 9.47 Å². The Hall–Kier alpha value is -2.08. The van der Waals surface area contributed by atoms with E-state index in [9.17, 15) is 4.39 Å². The van der Waals surface area contributed by atoms with Crippen molar-refractivity contribution >= 4 is 46.2 Å². The molecule has 0 amide bonds. The zero-order valence-corrected chi connectivity index (χ0v) is 16.5. The smallest absolute Gasteiger partial charge is 0.174 e. The highest BCUT2D eigenvalue weighted by Crippen LogP contribution is 2.37. The first-order valence-electron chi connectivity index (χ1n) is 8.46. The Bertz CT molecular complexity index is 1000. The Morgan fingerprint density at radius 3 is 2.70 bits per heavy atom. The summed E-state index contributed by atoms with van der Waals surface area (Å²) in [6.45, 7) is 1.50. The van der Waals surface area contributed by atoms with E-state index >= 15 is 0 Å². The van der Waals surface area contributed by atoms with Gasteiger partial charge in [-0.2, -0.15) is 0 Å². The third kappa shape index (κ3) is 3.68. The largest absolute Gasteiger partial charge is 0.348 e. The van der Waals surface area contributed by atoms with Gasteiger partial charge < -0.3 is 14.8 Å². The number of halogens is 3. The molecule has 1 atom stereocenters. The lowest BCUT2D eigenvalue weighted by atomic mass is 10.00. The average Bonchev–Trinajstić information content (AvgIpc) is 3.10. The molecule has 0 saturated heterocycles. The molecule has 1 N–H and O–H groups in total. The fourth-order valence-corrected chi connectivity index (χ4v) is 4.24. The minimum atomic E-state index is -0.312. The first-order chi connectivity index (χ1) is 13.0. The summed E-state index contributed by atoms with van der Waals surface area (Å²) in [5.41, 5.74) is 2.62. The van der Waals surface area contributed by atoms with Gasteiger partial charge in [0.05, 0.1) is 6.04 Å². The van der Waals surface area contributed by atoms with Crippen molar-refractivity contribution in [3.63, 3.8) is 0 Å². The normalized spacial score (nSPS) is 16.1. The second-order valence-electron chi connectivity index (χ2n) is 6.33. The third-order valence-corrected chi connectivity index (χ3v) is 5.53. The summed E-state index contributed by atoms with van der Waals surface area (Å²) in [5.74, 6) is -0.312. The van der Waals surface area contributed by atoms with E-state index in [-0.39, 0.29) is 11.9 Å². The van der Waals surface area contributed by atoms with Crippen molar-refractivity contribution < 1.29 is 4.39 Å². The molecular weight excluding hydrogens is 404 g/mol. The summed E-state index contributed by atoms with van der Waals surface area (Å²) in [6.07, 6.45) is 2.05. The second kappa shape index (κ2) is 7.50. The molecule has 27 heavy (non-hydrogen) atoms. The topological polar surface area (TPSA) is 20.2 Å². The summed E-state index contributed by atoms with van der Waals surface area (Å²) < 4.78 is 15.7. The molecule has 2 heterocycles. The first kappa shape index (κ1) is 18.3. The van der Waals surface area contributed by atoms with Crippen LogP contribution in [0.3, 0.4) is 0 Å². The van der Waals surface area contributed by atoms with Crippen LogP contribution in [0.2, 0.25) is 10.0 Å². The summed E-state index contributed by atoms with van der Waals surface area (Å²) in [6, 6.07) is 15.7. The van der Waals surface area contributed by atoms with Gasteiger partial charge in [0, 0.05) is 40.7 Å². The van der Waals surface area contributed by atoms with Gasteiger partial charge in [-0.15, -0.1) is 0 Å². The minimum Gasteiger partial charge on any atom is -0.348 e. The van der Waals surface area contributed by atoms with Crippen LogP contribution >= 0.6 is 35.4 Å². The number of fused-ring (bicyclic) bond motifs is 1. The van der Waals surface area contributed by atoms with Gasteiger partial charge in [-0.1, -0.05) is 35.3 Å². The predicted molar refractivity (Wildman–Crippen MR) is 112 cm³/mol. The van der Waals surface area contributed by atoms with Gasteiger partial charge >= 0.3 is 0 Å². The van der Waals surface area contributed by atoms with Crippen LogP contribution in [-0.4, -0.2) is 21.1 Å². The molecule has 4 rings (SSSR count). The maximum Gasteiger partial charge on any atom is 0.174 e. The van der Waals surface area contributed by atoms with E-state index in [4.69, 9.17) is 35.4 Å². The van der Waals surface area contributed by atoms with Gasteiger partial charge in [-0.3, -0.25) is 0 Å². The number of rotatable bonds is 2. The fourth-order valence-electron chi connectivity index (χ4n) is 3.41. The zero-order chi connectivity index (χ0) is 19.0. The van der Waals surface area contributed by atoms with E-state index in [1.807, 2.05) is 24.4 Å². The lowest BCUT2D eigenvalue weighted by Gasteiger charge is -2.39. The van der Waals surface area contributed by atoms with Crippen LogP contribution in [0.15, 0.2) is 60.8 Å². The van der Waals surface area contributed by atoms with Crippen LogP contribution in [-0.2, 0) is 6.54 Å². The monoisotopic (exact) mass is 419 g/mol. The van der Waals surface area contributed by atoms with Crippen molar-refractivity contribution in [2.45, 2.75) is 12.6 Å². The highest BCUT2D eigenvalue weighted by Gasteiger charge is 2.32. The highest BCUT2D eigenvalue weighted by atomic mass is 35.5. The van der Waals surface area contributed by atoms with Crippen molar-refractivity contribution in [2.75, 3.05) is 11.9 Å². The van der Waals surface area contributed by atoms with E-state index in [1.165, 1.54) is 12.1 Å². The van der Waals surface area contributed by atoms with Crippen LogP contribution in [0.5, 0.6) is 0 Å². The Morgan fingerprint density at radius 2 is 1.93 bits per heavy atom. The maximum absolute atomic E-state index is 13.5. The molecule has 0 radical (unpaired) electrons. The fraction of sp³-hybridized carbons (Fsp3) is 0.150. The van der Waals surface area contributed by atoms with Crippen LogP contribution in [0, 0.1) is 5.82 Å². The standard InChI is InChI=1S/C20H16Cl2FN3S/c21-13-6-7-16(17(22)11-13)19-18-5-2-8-25(18)9-10-26(19)20(27)24-15-4-1-3-14(23)12-15/h1-8,11-12,19H,9-10H2,(H,24,27)/t19-/m1/s1. The number of nitrogens with one attached hydrogen (secondary N) is 1. The molecule has 0 spiro atoms. The molecule has 0 saturated carbocycles. The van der Waals surface area contributed by atoms with Gasteiger partial charge in [0.2, 0.25) is 0 Å². The van der Waals surface area contributed by atoms with E-state index < -0.39 is 0 Å². The molecule has 3 nitrogen and oxygen atoms in total. The Balaban J connectivity index is 1.71. The second-order valence-corrected chi connectivity index (χ2v) is 7.56. The zero-order valence-electron chi connectivity index (χ0n) is 14.2. The molecule has 1 aliphatic heterocycles. The maximum atomic E-state index is 13.5. The average molecular weight is 420 g/mol. The third-order valence-electron chi connectivity index (χ3n) is 4.63. The van der Waals surface area contributed by atoms with Gasteiger partial charge in [-0.05, 0) is 60.2 Å². The Kier molecular flexibility index (Phi) is 5.08. The van der Waals surface area contributed by atoms with Crippen molar-refractivity contribution in [3.8, 4) is 0 Å². The molecule has 0 unspecified atom stereocenters. The van der Waals surface area contributed by atoms with Crippen LogP contribution < -0.4 is 5.32 Å². The van der Waals surface area contributed by atoms with Crippen molar-refractivity contribution in [2.24, 2.45) is 0 Å². The number of hydrogen-bond acceptors (Lipinski definition) is 1. The summed E-state index contributed by atoms with van der Waals surface area (Å²) in [7, 11) is 0. The number of hydrogen-bond donors (Lipinski definition) is 1. The number of anilines is 1. The van der Waals surface area contributed by atoms with E-state index in [0.29, 0.717) is 27.4 Å². The molecule has 0 aliphatic carbocycles. The Labute approximate surface area is 172 Å². The van der Waals surface area contributed by atoms with Crippen LogP contribution in [0.1, 0.15) is 17.3 Å². The number of thiocarbonyl (C=S) groups is 1. The minimum absolute atomic E-state index is 0.160. The van der Waals surface area contributed by atoms with Crippen molar-refractivity contribution in [1.29, 1.82) is 0 Å². The number of aromatic nitrogens is 1. The summed E-state index contributed by atoms with van der Waals surface area (Å²) in [5, 5.41) is 4.83. The summed E-state index contributed by atoms with van der Waals surface area (Å²) >= 11 is 18.3. The quantitative estimate of drug-likeness (QED) is 0.535. The lowest BCUT2D eigenvalue weighted by Crippen LogP contribution is -2.44. The first-order valence-corrected chi connectivity index (χ1v) is 9.62. The van der Waals surface area contributed by atoms with E-state index in [2.05, 4.69) is 20.9 Å². The van der Waals surface area contributed by atoms with E-state index in [1.54, 1.807) is 18.2 Å². The van der Waals surface area contributed by atoms with Gasteiger partial charge in [0.1, 0.15) is 5.82 Å². The molecule has 138 valence electrons. The molecule has 1 aliphatic rings. The van der Waals surface area contributed by atoms with Gasteiger partial charge in [-0.25, -0.2) is 4.39 Å². The molecule has 0 fully saturated rings. The summed E-state index contributed by atoms with van der Waals surface area (Å²) in [4.78, 5) is 2.07. The molecule has 2 aromatic carbocycles. The molecule has 7 heteroatoms. The molecular formula is C20H16Cl2FN3S. The molecule has 1 aromatic heterocycles. The van der Waals surface area contributed by atoms with Crippen LogP contribution in [0.4, 0.5) is 10.1 Å². The van der Waals surface area contributed by atoms with Gasteiger partial charge in [0.25, 0.3) is 0 Å². The number of benzene rings is 2. The van der Waals surface area contributed by atoms with E-state index in [0.717, 1.165) is 17.8 Å². The predicted octanol–water partition coefficient (Wildman–Crippen LogP) is 5.74. The van der Waals surface area contributed by atoms with Crippen molar-refractivity contribution in [3.05, 3.63) is 87.9 Å². The Morgan fingerprint density at radius 1 is 1.07 bits per heavy atom. The highest BCUT2D eigenvalue weighted by molar-refractivity contribution is 7.80. The van der Waals surface area contributed by atoms with Gasteiger partial charge in [0.15, 0.2) is 5.11 Å². The lowest BCUT2D eigenvalue weighted by molar-refractivity contribution is 0.293. The van der Waals surface area contributed by atoms with Crippen LogP contribution in [0.25, 0.3) is 0 Å².